The largest absolute Gasteiger partial charge is 0.508 e. The predicted molar refractivity (Wildman–Crippen MR) is 166 cm³/mol. The molecule has 1 heterocycles. The number of nitriles is 1. The maximum Gasteiger partial charge on any atom is 0.306 e. The van der Waals surface area contributed by atoms with Crippen LogP contribution in [0.15, 0.2) is 66.2 Å². The Kier molecular flexibility index (Phi) is 12.4. The van der Waals surface area contributed by atoms with Gasteiger partial charge in [-0.2, -0.15) is 5.26 Å². The Morgan fingerprint density at radius 2 is 1.58 bits per heavy atom. The number of ether oxygens (including phenoxy) is 3. The van der Waals surface area contributed by atoms with Crippen LogP contribution in [0.4, 0.5) is 5.69 Å². The van der Waals surface area contributed by atoms with Gasteiger partial charge in [0.15, 0.2) is 0 Å². The smallest absolute Gasteiger partial charge is 0.306 e. The number of carbonyl (C=O) groups excluding carboxylic acids is 2. The van der Waals surface area contributed by atoms with Crippen LogP contribution in [-0.2, 0) is 30.2 Å². The van der Waals surface area contributed by atoms with Crippen molar-refractivity contribution in [2.75, 3.05) is 57.6 Å². The zero-order valence-electron chi connectivity index (χ0n) is 24.4. The van der Waals surface area contributed by atoms with Gasteiger partial charge in [-0.05, 0) is 84.0 Å². The topological polar surface area (TPSA) is 121 Å². The number of carbonyl (C=O) groups is 2. The Morgan fingerprint density at radius 1 is 0.884 bits per heavy atom. The van der Waals surface area contributed by atoms with Crippen LogP contribution in [0.2, 0.25) is 0 Å². The molecule has 0 aliphatic carbocycles. The number of nitrogens with one attached hydrogen (secondary N) is 1. The van der Waals surface area contributed by atoms with Crippen molar-refractivity contribution in [3.63, 3.8) is 0 Å². The van der Waals surface area contributed by atoms with E-state index in [0.717, 1.165) is 35.0 Å². The average molecular weight is 586 g/mol. The van der Waals surface area contributed by atoms with Gasteiger partial charge in [-0.25, -0.2) is 0 Å². The van der Waals surface area contributed by atoms with Gasteiger partial charge < -0.3 is 29.5 Å². The van der Waals surface area contributed by atoms with Crippen LogP contribution < -0.4 is 10.2 Å². The molecule has 1 saturated heterocycles. The highest BCUT2D eigenvalue weighted by atomic mass is 16.6. The van der Waals surface area contributed by atoms with Crippen molar-refractivity contribution in [1.29, 1.82) is 5.26 Å². The fourth-order valence-corrected chi connectivity index (χ4v) is 4.85. The molecule has 0 radical (unpaired) electrons. The number of rotatable bonds is 15. The lowest BCUT2D eigenvalue weighted by Gasteiger charge is -2.29. The second kappa shape index (κ2) is 16.9. The molecule has 9 heteroatoms. The Labute approximate surface area is 252 Å². The Bertz CT molecular complexity index is 1420. The summed E-state index contributed by atoms with van der Waals surface area (Å²) in [5, 5.41) is 23.7. The van der Waals surface area contributed by atoms with Crippen molar-refractivity contribution in [2.24, 2.45) is 0 Å². The van der Waals surface area contributed by atoms with Gasteiger partial charge in [-0.15, -0.1) is 0 Å². The standard InChI is InChI=1S/C34H39N3O6/c35-25-30(23-27-4-8-29-24-31(10-9-28(29)22-27)37-15-2-1-3-16-37)34(40)36-14-17-41-18-19-42-20-21-43-33(39)13-7-26-5-11-32(38)12-6-26/h4-6,8-12,22-24,38H,1-3,7,13-21H2,(H,36,40)/b30-23+. The molecule has 1 aliphatic heterocycles. The van der Waals surface area contributed by atoms with E-state index in [2.05, 4.69) is 28.4 Å². The summed E-state index contributed by atoms with van der Waals surface area (Å²) in [7, 11) is 0. The van der Waals surface area contributed by atoms with Gasteiger partial charge in [0, 0.05) is 31.7 Å². The number of nitrogens with zero attached hydrogens (tertiary/aromatic N) is 2. The molecule has 4 rings (SSSR count). The highest BCUT2D eigenvalue weighted by Crippen LogP contribution is 2.26. The number of esters is 1. The molecule has 3 aromatic rings. The Balaban J connectivity index is 1.08. The van der Waals surface area contributed by atoms with Gasteiger partial charge in [-0.1, -0.05) is 30.3 Å². The van der Waals surface area contributed by atoms with Crippen LogP contribution in [0, 0.1) is 11.3 Å². The summed E-state index contributed by atoms with van der Waals surface area (Å²) >= 11 is 0. The van der Waals surface area contributed by atoms with Crippen LogP contribution in [0.1, 0.15) is 36.8 Å². The number of phenols is 1. The lowest BCUT2D eigenvalue weighted by molar-refractivity contribution is -0.145. The van der Waals surface area contributed by atoms with Crippen LogP contribution in [0.25, 0.3) is 16.8 Å². The molecule has 0 saturated carbocycles. The summed E-state index contributed by atoms with van der Waals surface area (Å²) in [4.78, 5) is 26.8. The molecule has 0 unspecified atom stereocenters. The molecule has 0 spiro atoms. The number of phenolic OH excluding ortho intramolecular Hbond substituents is 1. The minimum Gasteiger partial charge on any atom is -0.508 e. The van der Waals surface area contributed by atoms with E-state index in [9.17, 15) is 20.0 Å². The Hall–Kier alpha value is -4.39. The molecule has 0 aromatic heterocycles. The van der Waals surface area contributed by atoms with Crippen molar-refractivity contribution in [1.82, 2.24) is 5.32 Å². The first-order valence-corrected chi connectivity index (χ1v) is 14.8. The van der Waals surface area contributed by atoms with Crippen LogP contribution in [0.5, 0.6) is 5.75 Å². The van der Waals surface area contributed by atoms with E-state index >= 15 is 0 Å². The maximum absolute atomic E-state index is 12.5. The molecule has 43 heavy (non-hydrogen) atoms. The summed E-state index contributed by atoms with van der Waals surface area (Å²) in [5.41, 5.74) is 3.01. The summed E-state index contributed by atoms with van der Waals surface area (Å²) in [5.74, 6) is -0.566. The third kappa shape index (κ3) is 10.4. The normalized spacial score (nSPS) is 13.5. The second-order valence-electron chi connectivity index (χ2n) is 10.4. The monoisotopic (exact) mass is 585 g/mol. The van der Waals surface area contributed by atoms with Gasteiger partial charge in [0.1, 0.15) is 24.0 Å². The van der Waals surface area contributed by atoms with Gasteiger partial charge >= 0.3 is 5.97 Å². The van der Waals surface area contributed by atoms with E-state index in [1.807, 2.05) is 24.3 Å². The first kappa shape index (κ1) is 31.5. The zero-order valence-corrected chi connectivity index (χ0v) is 24.4. The van der Waals surface area contributed by atoms with E-state index in [0.29, 0.717) is 19.6 Å². The first-order chi connectivity index (χ1) is 21.0. The third-order valence-corrected chi connectivity index (χ3v) is 7.19. The number of hydrogen-bond donors (Lipinski definition) is 2. The van der Waals surface area contributed by atoms with Crippen LogP contribution in [0.3, 0.4) is 0 Å². The van der Waals surface area contributed by atoms with Crippen LogP contribution >= 0.6 is 0 Å². The highest BCUT2D eigenvalue weighted by Gasteiger charge is 2.12. The second-order valence-corrected chi connectivity index (χ2v) is 10.4. The van der Waals surface area contributed by atoms with E-state index in [-0.39, 0.29) is 50.1 Å². The van der Waals surface area contributed by atoms with E-state index in [1.165, 1.54) is 24.9 Å². The minimum absolute atomic E-state index is 0.0326. The molecule has 3 aromatic carbocycles. The fraction of sp³-hybridized carbons (Fsp3) is 0.382. The highest BCUT2D eigenvalue weighted by molar-refractivity contribution is 6.02. The average Bonchev–Trinajstić information content (AvgIpc) is 3.04. The molecular formula is C34H39N3O6. The molecule has 226 valence electrons. The summed E-state index contributed by atoms with van der Waals surface area (Å²) < 4.78 is 16.0. The van der Waals surface area contributed by atoms with Gasteiger partial charge in [0.05, 0.1) is 26.4 Å². The number of anilines is 1. The number of aromatic hydroxyl groups is 1. The molecule has 1 aliphatic rings. The number of fused-ring (bicyclic) bond motifs is 1. The minimum atomic E-state index is -0.449. The fourth-order valence-electron chi connectivity index (χ4n) is 4.85. The predicted octanol–water partition coefficient (Wildman–Crippen LogP) is 4.77. The van der Waals surface area contributed by atoms with Gasteiger partial charge in [-0.3, -0.25) is 9.59 Å². The zero-order chi connectivity index (χ0) is 30.3. The lowest BCUT2D eigenvalue weighted by atomic mass is 10.0. The van der Waals surface area contributed by atoms with E-state index < -0.39 is 5.91 Å². The molecule has 2 N–H and O–H groups in total. The van der Waals surface area contributed by atoms with Crippen molar-refractivity contribution in [3.8, 4) is 11.8 Å². The third-order valence-electron chi connectivity index (χ3n) is 7.19. The van der Waals surface area contributed by atoms with Crippen molar-refractivity contribution in [2.45, 2.75) is 32.1 Å². The maximum atomic E-state index is 12.5. The SMILES string of the molecule is N#C/C(=C\c1ccc2cc(N3CCCCC3)ccc2c1)C(=O)NCCOCCOCCOC(=O)CCc1ccc(O)cc1. The van der Waals surface area contributed by atoms with Gasteiger partial charge in [0.25, 0.3) is 5.91 Å². The summed E-state index contributed by atoms with van der Waals surface area (Å²) in [6.45, 7) is 3.78. The van der Waals surface area contributed by atoms with Crippen LogP contribution in [-0.4, -0.2) is 69.7 Å². The number of piperidine rings is 1. The van der Waals surface area contributed by atoms with E-state index in [4.69, 9.17) is 14.2 Å². The van der Waals surface area contributed by atoms with Crippen molar-refractivity contribution >= 4 is 34.4 Å². The number of aryl methyl sites for hydroxylation is 1. The van der Waals surface area contributed by atoms with Crippen molar-refractivity contribution in [3.05, 3.63) is 77.4 Å². The molecule has 0 atom stereocenters. The van der Waals surface area contributed by atoms with Gasteiger partial charge in [0.2, 0.25) is 0 Å². The Morgan fingerprint density at radius 3 is 2.35 bits per heavy atom. The summed E-state index contributed by atoms with van der Waals surface area (Å²) in [6, 6.07) is 21.1. The molecule has 1 fully saturated rings. The quantitative estimate of drug-likeness (QED) is 0.113. The lowest BCUT2D eigenvalue weighted by Crippen LogP contribution is -2.29. The summed E-state index contributed by atoms with van der Waals surface area (Å²) in [6.07, 6.45) is 6.15. The number of benzene rings is 3. The molecule has 1 amide bonds. The first-order valence-electron chi connectivity index (χ1n) is 14.8. The number of amides is 1. The molecule has 9 nitrogen and oxygen atoms in total. The molecule has 0 bridgehead atoms. The molecular weight excluding hydrogens is 546 g/mol. The number of hydrogen-bond acceptors (Lipinski definition) is 8. The van der Waals surface area contributed by atoms with E-state index in [1.54, 1.807) is 30.3 Å². The van der Waals surface area contributed by atoms with Crippen molar-refractivity contribution < 1.29 is 28.9 Å².